The van der Waals surface area contributed by atoms with Gasteiger partial charge in [-0.3, -0.25) is 4.99 Å². The van der Waals surface area contributed by atoms with Gasteiger partial charge in [-0.2, -0.15) is 0 Å². The third kappa shape index (κ3) is 2.21. The van der Waals surface area contributed by atoms with Gasteiger partial charge in [0.1, 0.15) is 5.84 Å². The molecule has 2 heteroatoms. The molecule has 2 aromatic carbocycles. The van der Waals surface area contributed by atoms with E-state index in [1.165, 1.54) is 11.1 Å². The van der Waals surface area contributed by atoms with Crippen LogP contribution in [0.4, 0.5) is 5.69 Å². The molecule has 3 rings (SSSR count). The summed E-state index contributed by atoms with van der Waals surface area (Å²) in [5.41, 5.74) is 3.82. The summed E-state index contributed by atoms with van der Waals surface area (Å²) in [7, 11) is 0. The lowest BCUT2D eigenvalue weighted by molar-refractivity contribution is 0.984. The predicted octanol–water partition coefficient (Wildman–Crippen LogP) is 3.25. The molecule has 1 N–H and O–H groups in total. The summed E-state index contributed by atoms with van der Waals surface area (Å²) in [6.45, 7) is 0.783. The Hall–Kier alpha value is -2.09. The molecule has 84 valence electrons. The molecular formula is C15H14N2. The largest absolute Gasteiger partial charge is 0.344 e. The molecule has 2 nitrogen and oxygen atoms in total. The van der Waals surface area contributed by atoms with Crippen LogP contribution in [0, 0.1) is 0 Å². The fourth-order valence-electron chi connectivity index (χ4n) is 2.07. The van der Waals surface area contributed by atoms with Gasteiger partial charge in [-0.05, 0) is 23.3 Å². The second-order valence-corrected chi connectivity index (χ2v) is 4.20. The first-order valence-corrected chi connectivity index (χ1v) is 5.84. The minimum absolute atomic E-state index is 0.783. The number of rotatable bonds is 1. The molecule has 0 saturated heterocycles. The van der Waals surface area contributed by atoms with E-state index >= 15 is 0 Å². The molecule has 0 radical (unpaired) electrons. The van der Waals surface area contributed by atoms with Gasteiger partial charge in [0, 0.05) is 12.1 Å². The first-order chi connectivity index (χ1) is 8.42. The first kappa shape index (κ1) is 10.1. The van der Waals surface area contributed by atoms with E-state index in [0.29, 0.717) is 0 Å². The molecule has 0 aliphatic carbocycles. The minimum Gasteiger partial charge on any atom is -0.344 e. The van der Waals surface area contributed by atoms with Gasteiger partial charge in [0.25, 0.3) is 0 Å². The number of hydrogen-bond acceptors (Lipinski definition) is 2. The van der Waals surface area contributed by atoms with Crippen molar-refractivity contribution in [3.63, 3.8) is 0 Å². The van der Waals surface area contributed by atoms with Crippen LogP contribution >= 0.6 is 0 Å². The van der Waals surface area contributed by atoms with Crippen LogP contribution in [-0.2, 0) is 13.0 Å². The van der Waals surface area contributed by atoms with E-state index < -0.39 is 0 Å². The Morgan fingerprint density at radius 2 is 1.53 bits per heavy atom. The van der Waals surface area contributed by atoms with Crippen LogP contribution < -0.4 is 5.32 Å². The van der Waals surface area contributed by atoms with Gasteiger partial charge in [-0.25, -0.2) is 0 Å². The minimum atomic E-state index is 0.783. The van der Waals surface area contributed by atoms with Crippen LogP contribution in [0.1, 0.15) is 11.1 Å². The summed E-state index contributed by atoms with van der Waals surface area (Å²) in [4.78, 5) is 4.57. The highest BCUT2D eigenvalue weighted by molar-refractivity contribution is 5.97. The molecule has 2 aromatic rings. The molecule has 0 fully saturated rings. The second-order valence-electron chi connectivity index (χ2n) is 4.20. The van der Waals surface area contributed by atoms with Crippen molar-refractivity contribution >= 4 is 11.5 Å². The number of benzene rings is 2. The Kier molecular flexibility index (Phi) is 2.62. The molecule has 0 amide bonds. The van der Waals surface area contributed by atoms with E-state index in [-0.39, 0.29) is 0 Å². The highest BCUT2D eigenvalue weighted by atomic mass is 15.0. The van der Waals surface area contributed by atoms with Crippen molar-refractivity contribution in [2.45, 2.75) is 13.0 Å². The average Bonchev–Trinajstić information content (AvgIpc) is 2.40. The fraction of sp³-hybridized carbons (Fsp3) is 0.133. The summed E-state index contributed by atoms with van der Waals surface area (Å²) in [6.07, 6.45) is 0.894. The Morgan fingerprint density at radius 3 is 2.35 bits per heavy atom. The van der Waals surface area contributed by atoms with Gasteiger partial charge in [0.05, 0.1) is 6.54 Å². The van der Waals surface area contributed by atoms with Crippen molar-refractivity contribution in [1.82, 2.24) is 0 Å². The van der Waals surface area contributed by atoms with Gasteiger partial charge >= 0.3 is 0 Å². The number of fused-ring (bicyclic) bond motifs is 1. The quantitative estimate of drug-likeness (QED) is 0.787. The van der Waals surface area contributed by atoms with Crippen molar-refractivity contribution in [2.24, 2.45) is 4.99 Å². The maximum absolute atomic E-state index is 4.57. The maximum atomic E-state index is 4.57. The normalized spacial score (nSPS) is 13.8. The molecule has 1 aliphatic heterocycles. The van der Waals surface area contributed by atoms with E-state index in [2.05, 4.69) is 46.7 Å². The van der Waals surface area contributed by atoms with E-state index in [1.54, 1.807) is 0 Å². The molecule has 0 bridgehead atoms. The number of anilines is 1. The zero-order chi connectivity index (χ0) is 11.5. The van der Waals surface area contributed by atoms with Crippen LogP contribution in [0.15, 0.2) is 59.6 Å². The average molecular weight is 222 g/mol. The first-order valence-electron chi connectivity index (χ1n) is 5.84. The number of aliphatic imine (C=N–C) groups is 1. The Morgan fingerprint density at radius 1 is 0.824 bits per heavy atom. The second kappa shape index (κ2) is 4.42. The SMILES string of the molecule is c1ccc(NC2=NCc3ccccc3C2)cc1. The summed E-state index contributed by atoms with van der Waals surface area (Å²) in [6, 6.07) is 18.7. The highest BCUT2D eigenvalue weighted by Crippen LogP contribution is 2.17. The summed E-state index contributed by atoms with van der Waals surface area (Å²) in [5, 5.41) is 3.37. The Bertz CT molecular complexity index is 544. The van der Waals surface area contributed by atoms with Crippen molar-refractivity contribution < 1.29 is 0 Å². The lowest BCUT2D eigenvalue weighted by atomic mass is 10.0. The molecule has 0 spiro atoms. The Labute approximate surface area is 101 Å². The predicted molar refractivity (Wildman–Crippen MR) is 71.3 cm³/mol. The Balaban J connectivity index is 1.78. The van der Waals surface area contributed by atoms with Crippen molar-refractivity contribution in [3.8, 4) is 0 Å². The van der Waals surface area contributed by atoms with Gasteiger partial charge in [0.2, 0.25) is 0 Å². The molecular weight excluding hydrogens is 208 g/mol. The summed E-state index contributed by atoms with van der Waals surface area (Å²) >= 11 is 0. The van der Waals surface area contributed by atoms with E-state index in [4.69, 9.17) is 0 Å². The van der Waals surface area contributed by atoms with Gasteiger partial charge in [-0.15, -0.1) is 0 Å². The molecule has 0 aromatic heterocycles. The topological polar surface area (TPSA) is 24.4 Å². The molecule has 0 unspecified atom stereocenters. The van der Waals surface area contributed by atoms with Gasteiger partial charge in [-0.1, -0.05) is 42.5 Å². The maximum Gasteiger partial charge on any atom is 0.106 e. The van der Waals surface area contributed by atoms with Crippen LogP contribution in [0.5, 0.6) is 0 Å². The number of hydrogen-bond donors (Lipinski definition) is 1. The standard InChI is InChI=1S/C15H14N2/c1-2-8-14(9-3-1)17-15-10-12-6-4-5-7-13(12)11-16-15/h1-9H,10-11H2,(H,16,17). The summed E-state index contributed by atoms with van der Waals surface area (Å²) in [5.74, 6) is 1.05. The molecule has 1 aliphatic rings. The van der Waals surface area contributed by atoms with E-state index in [9.17, 15) is 0 Å². The van der Waals surface area contributed by atoms with Gasteiger partial charge in [0.15, 0.2) is 0 Å². The number of amidine groups is 1. The number of nitrogens with one attached hydrogen (secondary N) is 1. The molecule has 0 atom stereocenters. The smallest absolute Gasteiger partial charge is 0.106 e. The molecule has 1 heterocycles. The number of nitrogens with zero attached hydrogens (tertiary/aromatic N) is 1. The van der Waals surface area contributed by atoms with Crippen LogP contribution in [0.3, 0.4) is 0 Å². The molecule has 17 heavy (non-hydrogen) atoms. The molecule has 0 saturated carbocycles. The lowest BCUT2D eigenvalue weighted by Gasteiger charge is -2.17. The van der Waals surface area contributed by atoms with Crippen molar-refractivity contribution in [1.29, 1.82) is 0 Å². The number of para-hydroxylation sites is 1. The monoisotopic (exact) mass is 222 g/mol. The van der Waals surface area contributed by atoms with Crippen molar-refractivity contribution in [2.75, 3.05) is 5.32 Å². The lowest BCUT2D eigenvalue weighted by Crippen LogP contribution is -2.19. The fourth-order valence-corrected chi connectivity index (χ4v) is 2.07. The van der Waals surface area contributed by atoms with E-state index in [0.717, 1.165) is 24.5 Å². The highest BCUT2D eigenvalue weighted by Gasteiger charge is 2.11. The van der Waals surface area contributed by atoms with E-state index in [1.807, 2.05) is 18.2 Å². The zero-order valence-electron chi connectivity index (χ0n) is 9.56. The van der Waals surface area contributed by atoms with Crippen LogP contribution in [0.2, 0.25) is 0 Å². The zero-order valence-corrected chi connectivity index (χ0v) is 9.56. The van der Waals surface area contributed by atoms with Crippen molar-refractivity contribution in [3.05, 3.63) is 65.7 Å². The van der Waals surface area contributed by atoms with Gasteiger partial charge < -0.3 is 5.32 Å². The summed E-state index contributed by atoms with van der Waals surface area (Å²) < 4.78 is 0. The van der Waals surface area contributed by atoms with Crippen LogP contribution in [0.25, 0.3) is 0 Å². The third-order valence-electron chi connectivity index (χ3n) is 2.98. The van der Waals surface area contributed by atoms with Crippen LogP contribution in [-0.4, -0.2) is 5.84 Å². The third-order valence-corrected chi connectivity index (χ3v) is 2.98.